The lowest BCUT2D eigenvalue weighted by molar-refractivity contribution is 0.245. The van der Waals surface area contributed by atoms with Crippen LogP contribution in [0.5, 0.6) is 0 Å². The van der Waals surface area contributed by atoms with Crippen molar-refractivity contribution in [3.8, 4) is 0 Å². The van der Waals surface area contributed by atoms with E-state index in [-0.39, 0.29) is 5.38 Å². The maximum Gasteiger partial charge on any atom is 0.0588 e. The summed E-state index contributed by atoms with van der Waals surface area (Å²) in [6.45, 7) is 9.20. The number of aryl methyl sites for hydroxylation is 2. The van der Waals surface area contributed by atoms with Gasteiger partial charge in [0, 0.05) is 0 Å². The highest BCUT2D eigenvalue weighted by Crippen LogP contribution is 2.37. The summed E-state index contributed by atoms with van der Waals surface area (Å²) in [5.74, 6) is 0.633. The van der Waals surface area contributed by atoms with Crippen molar-refractivity contribution in [3.05, 3.63) is 34.9 Å². The number of halogens is 1. The van der Waals surface area contributed by atoms with Gasteiger partial charge in [0.1, 0.15) is 0 Å². The average Bonchev–Trinajstić information content (AvgIpc) is 2.74. The van der Waals surface area contributed by atoms with Crippen LogP contribution >= 0.6 is 11.6 Å². The Kier molecular flexibility index (Phi) is 4.06. The standard InChI is InChI=1S/C17H25Cl/c1-12(17(2,3)4)10-16(18)15-9-8-13-6-5-7-14(13)11-15/h8-9,11-12,16H,5-7,10H2,1-4H3. The van der Waals surface area contributed by atoms with Gasteiger partial charge in [0.15, 0.2) is 0 Å². The van der Waals surface area contributed by atoms with E-state index in [1.54, 1.807) is 0 Å². The van der Waals surface area contributed by atoms with Gasteiger partial charge in [-0.2, -0.15) is 0 Å². The van der Waals surface area contributed by atoms with Crippen LogP contribution in [-0.4, -0.2) is 0 Å². The zero-order valence-corrected chi connectivity index (χ0v) is 12.8. The van der Waals surface area contributed by atoms with Crippen LogP contribution in [-0.2, 0) is 12.8 Å². The molecule has 1 heteroatoms. The van der Waals surface area contributed by atoms with E-state index in [0.717, 1.165) is 6.42 Å². The minimum Gasteiger partial charge on any atom is -0.118 e. The molecule has 0 bridgehead atoms. The molecule has 0 fully saturated rings. The van der Waals surface area contributed by atoms with Crippen LogP contribution in [0.2, 0.25) is 0 Å². The van der Waals surface area contributed by atoms with Crippen molar-refractivity contribution in [1.82, 2.24) is 0 Å². The molecule has 0 amide bonds. The van der Waals surface area contributed by atoms with Crippen LogP contribution < -0.4 is 0 Å². The quantitative estimate of drug-likeness (QED) is 0.630. The number of hydrogen-bond acceptors (Lipinski definition) is 0. The molecule has 0 radical (unpaired) electrons. The molecule has 0 heterocycles. The van der Waals surface area contributed by atoms with Gasteiger partial charge in [0.2, 0.25) is 0 Å². The van der Waals surface area contributed by atoms with Gasteiger partial charge < -0.3 is 0 Å². The fourth-order valence-electron chi connectivity index (χ4n) is 2.59. The largest absolute Gasteiger partial charge is 0.118 e. The van der Waals surface area contributed by atoms with Gasteiger partial charge in [-0.05, 0) is 53.7 Å². The normalized spacial score (nSPS) is 18.5. The molecule has 0 aliphatic heterocycles. The zero-order valence-electron chi connectivity index (χ0n) is 12.1. The maximum atomic E-state index is 6.61. The summed E-state index contributed by atoms with van der Waals surface area (Å²) in [6.07, 6.45) is 4.86. The molecule has 0 nitrogen and oxygen atoms in total. The van der Waals surface area contributed by atoms with Gasteiger partial charge in [-0.3, -0.25) is 0 Å². The molecule has 0 aromatic heterocycles. The van der Waals surface area contributed by atoms with E-state index < -0.39 is 0 Å². The van der Waals surface area contributed by atoms with Crippen molar-refractivity contribution >= 4 is 11.6 Å². The second-order valence-electron chi connectivity index (χ2n) is 6.85. The Balaban J connectivity index is 2.07. The van der Waals surface area contributed by atoms with Gasteiger partial charge in [0.05, 0.1) is 5.38 Å². The first-order chi connectivity index (χ1) is 8.38. The van der Waals surface area contributed by atoms with E-state index in [9.17, 15) is 0 Å². The molecule has 1 aromatic rings. The van der Waals surface area contributed by atoms with Crippen LogP contribution in [0.15, 0.2) is 18.2 Å². The van der Waals surface area contributed by atoms with Crippen LogP contribution in [0.3, 0.4) is 0 Å². The predicted octanol–water partition coefficient (Wildman–Crippen LogP) is 5.53. The zero-order chi connectivity index (χ0) is 13.3. The molecule has 18 heavy (non-hydrogen) atoms. The van der Waals surface area contributed by atoms with Gasteiger partial charge in [0.25, 0.3) is 0 Å². The van der Waals surface area contributed by atoms with E-state index in [4.69, 9.17) is 11.6 Å². The summed E-state index contributed by atoms with van der Waals surface area (Å²) >= 11 is 6.61. The molecule has 1 aromatic carbocycles. The number of fused-ring (bicyclic) bond motifs is 1. The predicted molar refractivity (Wildman–Crippen MR) is 80.3 cm³/mol. The number of alkyl halides is 1. The third-order valence-corrected chi connectivity index (χ3v) is 4.95. The second-order valence-corrected chi connectivity index (χ2v) is 7.38. The average molecular weight is 265 g/mol. The Bertz CT molecular complexity index is 414. The van der Waals surface area contributed by atoms with Crippen molar-refractivity contribution in [1.29, 1.82) is 0 Å². The van der Waals surface area contributed by atoms with E-state index in [1.807, 2.05) is 0 Å². The summed E-state index contributed by atoms with van der Waals surface area (Å²) in [7, 11) is 0. The monoisotopic (exact) mass is 264 g/mol. The van der Waals surface area contributed by atoms with Gasteiger partial charge in [-0.1, -0.05) is 45.9 Å². The summed E-state index contributed by atoms with van der Waals surface area (Å²) in [4.78, 5) is 0. The molecule has 2 unspecified atom stereocenters. The van der Waals surface area contributed by atoms with Crippen molar-refractivity contribution in [3.63, 3.8) is 0 Å². The number of benzene rings is 1. The lowest BCUT2D eigenvalue weighted by Gasteiger charge is -2.29. The molecule has 1 aliphatic rings. The molecule has 0 saturated carbocycles. The third kappa shape index (κ3) is 3.09. The first-order valence-corrected chi connectivity index (χ1v) is 7.57. The Morgan fingerprint density at radius 2 is 1.83 bits per heavy atom. The Morgan fingerprint density at radius 1 is 1.17 bits per heavy atom. The van der Waals surface area contributed by atoms with E-state index in [2.05, 4.69) is 45.9 Å². The highest BCUT2D eigenvalue weighted by molar-refractivity contribution is 6.20. The lowest BCUT2D eigenvalue weighted by atomic mass is 9.79. The molecule has 2 atom stereocenters. The van der Waals surface area contributed by atoms with E-state index >= 15 is 0 Å². The van der Waals surface area contributed by atoms with Crippen LogP contribution in [0.1, 0.15) is 62.6 Å². The fraction of sp³-hybridized carbons (Fsp3) is 0.647. The molecule has 0 spiro atoms. The SMILES string of the molecule is CC(CC(Cl)c1ccc2c(c1)CCC2)C(C)(C)C. The highest BCUT2D eigenvalue weighted by atomic mass is 35.5. The summed E-state index contributed by atoms with van der Waals surface area (Å²) in [6, 6.07) is 6.86. The smallest absolute Gasteiger partial charge is 0.0588 e. The van der Waals surface area contributed by atoms with Gasteiger partial charge in [-0.25, -0.2) is 0 Å². The van der Waals surface area contributed by atoms with E-state index in [1.165, 1.54) is 36.0 Å². The van der Waals surface area contributed by atoms with Crippen LogP contribution in [0.25, 0.3) is 0 Å². The van der Waals surface area contributed by atoms with Crippen molar-refractivity contribution < 1.29 is 0 Å². The second kappa shape index (κ2) is 5.25. The minimum atomic E-state index is 0.158. The molecular weight excluding hydrogens is 240 g/mol. The lowest BCUT2D eigenvalue weighted by Crippen LogP contribution is -2.18. The minimum absolute atomic E-state index is 0.158. The molecule has 100 valence electrons. The fourth-order valence-corrected chi connectivity index (χ4v) is 2.99. The van der Waals surface area contributed by atoms with Crippen molar-refractivity contribution in [2.75, 3.05) is 0 Å². The Morgan fingerprint density at radius 3 is 2.50 bits per heavy atom. The summed E-state index contributed by atoms with van der Waals surface area (Å²) in [5.41, 5.74) is 4.71. The maximum absolute atomic E-state index is 6.61. The summed E-state index contributed by atoms with van der Waals surface area (Å²) < 4.78 is 0. The molecule has 0 N–H and O–H groups in total. The molecular formula is C17H25Cl. The third-order valence-electron chi connectivity index (χ3n) is 4.52. The summed E-state index contributed by atoms with van der Waals surface area (Å²) in [5, 5.41) is 0.158. The van der Waals surface area contributed by atoms with Gasteiger partial charge >= 0.3 is 0 Å². The first kappa shape index (κ1) is 13.9. The van der Waals surface area contributed by atoms with Gasteiger partial charge in [-0.15, -0.1) is 11.6 Å². The Labute approximate surface area is 117 Å². The van der Waals surface area contributed by atoms with E-state index in [0.29, 0.717) is 11.3 Å². The van der Waals surface area contributed by atoms with Crippen molar-refractivity contribution in [2.45, 2.75) is 58.8 Å². The topological polar surface area (TPSA) is 0 Å². The van der Waals surface area contributed by atoms with Crippen LogP contribution in [0.4, 0.5) is 0 Å². The Hall–Kier alpha value is -0.490. The number of rotatable bonds is 3. The van der Waals surface area contributed by atoms with Crippen LogP contribution in [0, 0.1) is 11.3 Å². The highest BCUT2D eigenvalue weighted by Gasteiger charge is 2.24. The first-order valence-electron chi connectivity index (χ1n) is 7.13. The number of hydrogen-bond donors (Lipinski definition) is 0. The molecule has 2 rings (SSSR count). The molecule has 0 saturated heterocycles. The molecule has 1 aliphatic carbocycles. The van der Waals surface area contributed by atoms with Crippen molar-refractivity contribution in [2.24, 2.45) is 11.3 Å².